The molecule has 0 nitrogen and oxygen atoms in total. The van der Waals surface area contributed by atoms with E-state index >= 15 is 0 Å². The zero-order valence-corrected chi connectivity index (χ0v) is 62.5. The van der Waals surface area contributed by atoms with Crippen molar-refractivity contribution < 1.29 is 0 Å². The van der Waals surface area contributed by atoms with Gasteiger partial charge in [0.1, 0.15) is 0 Å². The van der Waals surface area contributed by atoms with E-state index in [1.165, 1.54) is 187 Å². The maximum Gasteiger partial charge on any atom is 0.0158 e. The van der Waals surface area contributed by atoms with E-state index in [1.807, 2.05) is 0 Å². The Hall–Kier alpha value is -12.5. The molecule has 514 valence electrons. The maximum atomic E-state index is 2.47. The fraction of sp³-hybridized carbons (Fsp3) is 0.111. The first kappa shape index (κ1) is 65.1. The van der Waals surface area contributed by atoms with Gasteiger partial charge in [0.2, 0.25) is 0 Å². The standard InChI is InChI=1S/C108H82/c1-105(2)83-53-27-29-55-85(83)107(5,6)103-77(47-33-57-87(103)105)67-59-63-75(64-60-67)95-91(71-39-19-11-20-40-71)92(72-41-21-12-22-42-72)96(76-65-61-68(62-66-76)78-48-34-58-88-104(78)108(7,8)86-56-30-28-54-84(86)106(88,3)4)102-82-52-32-50-80-98(82)97-79(49-31-51-81(97)101(95)102)99-93(73-43-23-13-24-44-73)89(69-35-15-9-16-36-69)90(70-37-17-10-18-38-70)94(100(80)99)74-45-25-14-26-46-74/h9-66H,1-8H3. The Morgan fingerprint density at radius 1 is 0.139 bits per heavy atom. The van der Waals surface area contributed by atoms with Crippen LogP contribution >= 0.6 is 0 Å². The predicted molar refractivity (Wildman–Crippen MR) is 461 cm³/mol. The van der Waals surface area contributed by atoms with Gasteiger partial charge in [-0.2, -0.15) is 0 Å². The van der Waals surface area contributed by atoms with Crippen molar-refractivity contribution in [3.8, 4) is 111 Å². The molecule has 18 aromatic carbocycles. The van der Waals surface area contributed by atoms with Crippen molar-refractivity contribution in [3.05, 3.63) is 396 Å². The summed E-state index contributed by atoms with van der Waals surface area (Å²) < 4.78 is 0. The van der Waals surface area contributed by atoms with Gasteiger partial charge in [0.25, 0.3) is 0 Å². The van der Waals surface area contributed by atoms with Crippen molar-refractivity contribution in [2.75, 3.05) is 0 Å². The average molecular weight is 1380 g/mol. The van der Waals surface area contributed by atoms with Crippen LogP contribution in [0.2, 0.25) is 0 Å². The number of rotatable bonds is 10. The average Bonchev–Trinajstić information content (AvgIpc) is 0.675. The van der Waals surface area contributed by atoms with Crippen molar-refractivity contribution in [2.24, 2.45) is 0 Å². The van der Waals surface area contributed by atoms with Crippen LogP contribution in [0.15, 0.2) is 352 Å². The predicted octanol–water partition coefficient (Wildman–Crippen LogP) is 29.5. The van der Waals surface area contributed by atoms with Crippen LogP contribution < -0.4 is 0 Å². The van der Waals surface area contributed by atoms with Crippen LogP contribution in [0, 0.1) is 0 Å². The van der Waals surface area contributed by atoms with E-state index in [-0.39, 0.29) is 21.7 Å². The Morgan fingerprint density at radius 3 is 0.593 bits per heavy atom. The Bertz CT molecular complexity index is 6210. The van der Waals surface area contributed by atoms with Gasteiger partial charge in [-0.1, -0.05) is 407 Å². The summed E-state index contributed by atoms with van der Waals surface area (Å²) in [6.45, 7) is 19.4. The van der Waals surface area contributed by atoms with Gasteiger partial charge in [-0.05, 0) is 210 Å². The summed E-state index contributed by atoms with van der Waals surface area (Å²) in [7, 11) is 0. The molecule has 2 aliphatic rings. The zero-order chi connectivity index (χ0) is 73.0. The van der Waals surface area contributed by atoms with E-state index in [0.29, 0.717) is 0 Å². The molecule has 0 heterocycles. The van der Waals surface area contributed by atoms with E-state index in [0.717, 1.165) is 22.3 Å². The second kappa shape index (κ2) is 24.5. The Morgan fingerprint density at radius 2 is 0.333 bits per heavy atom. The minimum Gasteiger partial charge on any atom is -0.0622 e. The summed E-state index contributed by atoms with van der Waals surface area (Å²) in [5, 5.41) is 12.4. The summed E-state index contributed by atoms with van der Waals surface area (Å²) >= 11 is 0. The zero-order valence-electron chi connectivity index (χ0n) is 62.5. The number of hydrogen-bond donors (Lipinski definition) is 0. The maximum absolute atomic E-state index is 2.47. The number of fused-ring (bicyclic) bond motifs is 10. The number of benzene rings is 18. The van der Waals surface area contributed by atoms with Gasteiger partial charge in [-0.3, -0.25) is 0 Å². The molecule has 0 unspecified atom stereocenters. The summed E-state index contributed by atoms with van der Waals surface area (Å²) in [6, 6.07) is 134. The fourth-order valence-electron chi connectivity index (χ4n) is 20.3. The van der Waals surface area contributed by atoms with Gasteiger partial charge in [0.15, 0.2) is 0 Å². The number of hydrogen-bond acceptors (Lipinski definition) is 0. The topological polar surface area (TPSA) is 0 Å². The third-order valence-electron chi connectivity index (χ3n) is 25.1. The first-order valence-electron chi connectivity index (χ1n) is 38.5. The molecule has 0 saturated heterocycles. The molecule has 18 aromatic rings. The fourth-order valence-corrected chi connectivity index (χ4v) is 20.3. The molecule has 0 aromatic heterocycles. The van der Waals surface area contributed by atoms with Crippen LogP contribution in [0.4, 0.5) is 0 Å². The van der Waals surface area contributed by atoms with Crippen molar-refractivity contribution in [1.82, 2.24) is 0 Å². The Balaban J connectivity index is 0.970. The molecule has 0 heteroatoms. The van der Waals surface area contributed by atoms with Gasteiger partial charge in [0.05, 0.1) is 0 Å². The molecule has 0 amide bonds. The minimum atomic E-state index is -0.250. The van der Waals surface area contributed by atoms with Crippen LogP contribution in [0.25, 0.3) is 165 Å². The lowest BCUT2D eigenvalue weighted by Gasteiger charge is -2.45. The van der Waals surface area contributed by atoms with E-state index < -0.39 is 0 Å². The highest BCUT2D eigenvalue weighted by Gasteiger charge is 2.45. The molecule has 0 N–H and O–H groups in total. The minimum absolute atomic E-state index is 0.192. The van der Waals surface area contributed by atoms with Crippen LogP contribution in [0.3, 0.4) is 0 Å². The molecular weight excluding hydrogens is 1300 g/mol. The first-order valence-corrected chi connectivity index (χ1v) is 38.5. The highest BCUT2D eigenvalue weighted by Crippen LogP contribution is 2.62. The highest BCUT2D eigenvalue weighted by molar-refractivity contribution is 6.46. The van der Waals surface area contributed by atoms with Gasteiger partial charge < -0.3 is 0 Å². The Kier molecular flexibility index (Phi) is 14.8. The first-order chi connectivity index (χ1) is 52.7. The van der Waals surface area contributed by atoms with E-state index in [4.69, 9.17) is 0 Å². The highest BCUT2D eigenvalue weighted by atomic mass is 14.5. The summed E-state index contributed by atoms with van der Waals surface area (Å²) in [4.78, 5) is 0. The SMILES string of the molecule is CC1(C)c2ccccc2C(C)(C)c2c(-c3ccc(-c4c(-c5ccccc5)c(-c5ccccc5)c(-c5ccc(-c6cccc7c6C(C)(C)c6ccccc6C7(C)C)cc5)c5c6cccc7c8c(-c9ccccc9)c(-c9ccccc9)c(-c9ccccc9)c(-c9ccccc9)c8c8cccc(c45)c8c76)cc3)cccc21. The van der Waals surface area contributed by atoms with Crippen molar-refractivity contribution >= 4 is 53.9 Å². The normalized spacial score (nSPS) is 14.4. The molecule has 0 radical (unpaired) electrons. The molecule has 108 heavy (non-hydrogen) atoms. The van der Waals surface area contributed by atoms with Crippen molar-refractivity contribution in [3.63, 3.8) is 0 Å². The molecule has 0 bridgehead atoms. The lowest BCUT2D eigenvalue weighted by atomic mass is 9.58. The van der Waals surface area contributed by atoms with Gasteiger partial charge in [-0.25, -0.2) is 0 Å². The van der Waals surface area contributed by atoms with Crippen LogP contribution in [0.1, 0.15) is 99.9 Å². The summed E-state index contributed by atoms with van der Waals surface area (Å²) in [5.74, 6) is 0. The molecule has 0 spiro atoms. The quantitative estimate of drug-likeness (QED) is 0.0946. The molecule has 0 fully saturated rings. The lowest BCUT2D eigenvalue weighted by Crippen LogP contribution is -2.37. The van der Waals surface area contributed by atoms with Crippen LogP contribution in [0.5, 0.6) is 0 Å². The monoisotopic (exact) mass is 1380 g/mol. The second-order valence-corrected chi connectivity index (χ2v) is 32.4. The largest absolute Gasteiger partial charge is 0.0622 e. The van der Waals surface area contributed by atoms with Crippen LogP contribution in [-0.4, -0.2) is 0 Å². The molecule has 0 aliphatic heterocycles. The van der Waals surface area contributed by atoms with Crippen molar-refractivity contribution in [1.29, 1.82) is 0 Å². The molecule has 0 saturated carbocycles. The molecule has 20 rings (SSSR count). The van der Waals surface area contributed by atoms with Crippen molar-refractivity contribution in [2.45, 2.75) is 77.0 Å². The van der Waals surface area contributed by atoms with Gasteiger partial charge >= 0.3 is 0 Å². The molecule has 2 aliphatic carbocycles. The third kappa shape index (κ3) is 9.55. The van der Waals surface area contributed by atoms with Gasteiger partial charge in [-0.15, -0.1) is 0 Å². The lowest BCUT2D eigenvalue weighted by molar-refractivity contribution is 0.522. The second-order valence-electron chi connectivity index (χ2n) is 32.4. The van der Waals surface area contributed by atoms with E-state index in [1.54, 1.807) is 0 Å². The van der Waals surface area contributed by atoms with E-state index in [2.05, 4.69) is 407 Å². The van der Waals surface area contributed by atoms with E-state index in [9.17, 15) is 0 Å². The summed E-state index contributed by atoms with van der Waals surface area (Å²) in [5.41, 5.74) is 34.3. The Labute approximate surface area is 634 Å². The smallest absolute Gasteiger partial charge is 0.0158 e. The van der Waals surface area contributed by atoms with Gasteiger partial charge in [0, 0.05) is 21.7 Å². The van der Waals surface area contributed by atoms with Crippen LogP contribution in [-0.2, 0) is 21.7 Å². The molecular formula is C108H82. The third-order valence-corrected chi connectivity index (χ3v) is 25.1. The summed E-state index contributed by atoms with van der Waals surface area (Å²) in [6.07, 6.45) is 0. The molecule has 0 atom stereocenters.